The van der Waals surface area contributed by atoms with Gasteiger partial charge in [-0.15, -0.1) is 0 Å². The molecule has 1 aliphatic rings. The minimum atomic E-state index is -3.66. The van der Waals surface area contributed by atoms with E-state index < -0.39 is 15.6 Å². The van der Waals surface area contributed by atoms with Gasteiger partial charge in [-0.25, -0.2) is 8.42 Å². The van der Waals surface area contributed by atoms with Crippen LogP contribution in [0.5, 0.6) is 0 Å². The lowest BCUT2D eigenvalue weighted by Gasteiger charge is -2.40. The number of aromatic nitrogens is 1. The molecule has 114 valence electrons. The molecule has 1 aliphatic heterocycles. The highest BCUT2D eigenvalue weighted by molar-refractivity contribution is 7.89. The van der Waals surface area contributed by atoms with E-state index in [9.17, 15) is 8.42 Å². The minimum absolute atomic E-state index is 0.0993. The van der Waals surface area contributed by atoms with Crippen molar-refractivity contribution >= 4 is 10.0 Å². The zero-order valence-corrected chi connectivity index (χ0v) is 12.9. The van der Waals surface area contributed by atoms with E-state index in [2.05, 4.69) is 16.8 Å². The lowest BCUT2D eigenvalue weighted by atomic mass is 10.1. The summed E-state index contributed by atoms with van der Waals surface area (Å²) in [6.07, 6.45) is 2.77. The average molecular weight is 310 g/mol. The van der Waals surface area contributed by atoms with Gasteiger partial charge < -0.3 is 9.84 Å². The Labute approximate surface area is 124 Å². The van der Waals surface area contributed by atoms with Gasteiger partial charge in [0.1, 0.15) is 11.5 Å². The van der Waals surface area contributed by atoms with Gasteiger partial charge in [-0.1, -0.05) is 11.8 Å². The molecule has 0 unspecified atom stereocenters. The molecule has 1 aromatic heterocycles. The second kappa shape index (κ2) is 6.12. The second-order valence-corrected chi connectivity index (χ2v) is 7.17. The number of hydrogen-bond acceptors (Lipinski definition) is 5. The highest BCUT2D eigenvalue weighted by atomic mass is 32.2. The number of aliphatic hydroxyl groups is 1. The summed E-state index contributed by atoms with van der Waals surface area (Å²) in [4.78, 5) is 4.02. The normalized spacial score (nSPS) is 18.8. The summed E-state index contributed by atoms with van der Waals surface area (Å²) in [7, 11) is -3.66. The average Bonchev–Trinajstić information content (AvgIpc) is 2.44. The Morgan fingerprint density at radius 3 is 2.90 bits per heavy atom. The predicted molar refractivity (Wildman–Crippen MR) is 77.0 cm³/mol. The van der Waals surface area contributed by atoms with Gasteiger partial charge in [0.2, 0.25) is 10.0 Å². The van der Waals surface area contributed by atoms with Crippen molar-refractivity contribution in [1.29, 1.82) is 0 Å². The van der Waals surface area contributed by atoms with E-state index in [0.717, 1.165) is 0 Å². The molecule has 0 atom stereocenters. The molecule has 21 heavy (non-hydrogen) atoms. The first-order valence-electron chi connectivity index (χ1n) is 6.53. The van der Waals surface area contributed by atoms with Crippen LogP contribution in [-0.2, 0) is 14.8 Å². The molecular weight excluding hydrogens is 292 g/mol. The van der Waals surface area contributed by atoms with Gasteiger partial charge in [0.25, 0.3) is 0 Å². The van der Waals surface area contributed by atoms with Crippen molar-refractivity contribution < 1.29 is 18.3 Å². The maximum absolute atomic E-state index is 12.8. The summed E-state index contributed by atoms with van der Waals surface area (Å²) >= 11 is 0. The Morgan fingerprint density at radius 1 is 1.48 bits per heavy atom. The molecule has 1 N–H and O–H groups in total. The first-order chi connectivity index (χ1) is 9.88. The molecule has 0 radical (unpaired) electrons. The fourth-order valence-electron chi connectivity index (χ4n) is 2.19. The van der Waals surface area contributed by atoms with Crippen molar-refractivity contribution in [2.75, 3.05) is 26.4 Å². The van der Waals surface area contributed by atoms with Crippen LogP contribution in [0.3, 0.4) is 0 Å². The van der Waals surface area contributed by atoms with Crippen LogP contribution >= 0.6 is 0 Å². The molecule has 0 amide bonds. The highest BCUT2D eigenvalue weighted by Gasteiger charge is 2.39. The standard InChI is InChI=1S/C14H18N2O4S/c1-14(2)11-20-7-5-16(14)21(18,19)13-8-12(4-3-6-17)9-15-10-13/h8-10,17H,5-7,11H2,1-2H3. The van der Waals surface area contributed by atoms with Crippen LogP contribution in [-0.4, -0.2) is 54.7 Å². The molecule has 1 saturated heterocycles. The predicted octanol–water partition coefficient (Wildman–Crippen LogP) is 0.225. The molecule has 1 fully saturated rings. The smallest absolute Gasteiger partial charge is 0.245 e. The largest absolute Gasteiger partial charge is 0.384 e. The van der Waals surface area contributed by atoms with Gasteiger partial charge in [-0.2, -0.15) is 4.31 Å². The van der Waals surface area contributed by atoms with E-state index in [1.807, 2.05) is 13.8 Å². The Balaban J connectivity index is 2.39. The fraction of sp³-hybridized carbons (Fsp3) is 0.500. The molecule has 0 aliphatic carbocycles. The van der Waals surface area contributed by atoms with Crippen LogP contribution < -0.4 is 0 Å². The SMILES string of the molecule is CC1(C)COCCN1S(=O)(=O)c1cncc(C#CCO)c1. The monoisotopic (exact) mass is 310 g/mol. The first-order valence-corrected chi connectivity index (χ1v) is 7.97. The quantitative estimate of drug-likeness (QED) is 0.791. The van der Waals surface area contributed by atoms with Gasteiger partial charge >= 0.3 is 0 Å². The van der Waals surface area contributed by atoms with Crippen LogP contribution in [0.15, 0.2) is 23.4 Å². The van der Waals surface area contributed by atoms with E-state index in [1.165, 1.54) is 22.8 Å². The number of nitrogens with zero attached hydrogens (tertiary/aromatic N) is 2. The summed E-state index contributed by atoms with van der Waals surface area (Å²) in [6.45, 7) is 4.40. The zero-order chi connectivity index (χ0) is 15.5. The number of pyridine rings is 1. The molecule has 2 rings (SSSR count). The third kappa shape index (κ3) is 3.41. The maximum Gasteiger partial charge on any atom is 0.245 e. The van der Waals surface area contributed by atoms with Crippen molar-refractivity contribution in [3.05, 3.63) is 24.0 Å². The Hall–Kier alpha value is -1.46. The van der Waals surface area contributed by atoms with E-state index in [-0.39, 0.29) is 11.5 Å². The van der Waals surface area contributed by atoms with Gasteiger partial charge in [0.05, 0.1) is 18.8 Å². The van der Waals surface area contributed by atoms with E-state index in [0.29, 0.717) is 25.3 Å². The topological polar surface area (TPSA) is 79.7 Å². The van der Waals surface area contributed by atoms with E-state index in [4.69, 9.17) is 9.84 Å². The van der Waals surface area contributed by atoms with E-state index in [1.54, 1.807) is 0 Å². The Bertz CT molecular complexity index is 674. The molecule has 1 aromatic rings. The summed E-state index contributed by atoms with van der Waals surface area (Å²) in [6, 6.07) is 1.47. The van der Waals surface area contributed by atoms with Crippen LogP contribution in [0.4, 0.5) is 0 Å². The van der Waals surface area contributed by atoms with Crippen molar-refractivity contribution in [3.63, 3.8) is 0 Å². The lowest BCUT2D eigenvalue weighted by molar-refractivity contribution is -0.00771. The van der Waals surface area contributed by atoms with E-state index >= 15 is 0 Å². The minimum Gasteiger partial charge on any atom is -0.384 e. The third-order valence-electron chi connectivity index (χ3n) is 3.18. The summed E-state index contributed by atoms with van der Waals surface area (Å²) in [5, 5.41) is 8.69. The number of morpholine rings is 1. The summed E-state index contributed by atoms with van der Waals surface area (Å²) in [5.74, 6) is 5.14. The van der Waals surface area contributed by atoms with Gasteiger partial charge in [0.15, 0.2) is 0 Å². The summed E-state index contributed by atoms with van der Waals surface area (Å²) in [5.41, 5.74) is -0.152. The summed E-state index contributed by atoms with van der Waals surface area (Å²) < 4.78 is 32.3. The Kier molecular flexibility index (Phi) is 4.64. The van der Waals surface area contributed by atoms with Crippen molar-refractivity contribution in [1.82, 2.24) is 9.29 Å². The highest BCUT2D eigenvalue weighted by Crippen LogP contribution is 2.27. The molecule has 0 aromatic carbocycles. The molecular formula is C14H18N2O4S. The lowest BCUT2D eigenvalue weighted by Crippen LogP contribution is -2.55. The Morgan fingerprint density at radius 2 is 2.24 bits per heavy atom. The number of hydrogen-bond donors (Lipinski definition) is 1. The molecule has 6 nitrogen and oxygen atoms in total. The van der Waals surface area contributed by atoms with Crippen LogP contribution in [0, 0.1) is 11.8 Å². The fourth-order valence-corrected chi connectivity index (χ4v) is 3.93. The first kappa shape index (κ1) is 15.9. The van der Waals surface area contributed by atoms with Crippen LogP contribution in [0.1, 0.15) is 19.4 Å². The van der Waals surface area contributed by atoms with Crippen LogP contribution in [0.25, 0.3) is 0 Å². The van der Waals surface area contributed by atoms with Crippen molar-refractivity contribution in [2.24, 2.45) is 0 Å². The molecule has 0 spiro atoms. The number of aliphatic hydroxyl groups excluding tert-OH is 1. The molecule has 7 heteroatoms. The molecule has 2 heterocycles. The van der Waals surface area contributed by atoms with Crippen molar-refractivity contribution in [2.45, 2.75) is 24.3 Å². The number of rotatable bonds is 2. The maximum atomic E-state index is 12.8. The molecule has 0 bridgehead atoms. The van der Waals surface area contributed by atoms with Gasteiger partial charge in [-0.05, 0) is 19.9 Å². The van der Waals surface area contributed by atoms with Gasteiger partial charge in [0, 0.05) is 24.5 Å². The van der Waals surface area contributed by atoms with Gasteiger partial charge in [-0.3, -0.25) is 4.98 Å². The second-order valence-electron chi connectivity index (χ2n) is 5.31. The van der Waals surface area contributed by atoms with Crippen molar-refractivity contribution in [3.8, 4) is 11.8 Å². The number of ether oxygens (including phenoxy) is 1. The molecule has 0 saturated carbocycles. The third-order valence-corrected chi connectivity index (χ3v) is 5.26. The zero-order valence-electron chi connectivity index (χ0n) is 12.0. The number of sulfonamides is 1. The van der Waals surface area contributed by atoms with Crippen LogP contribution in [0.2, 0.25) is 0 Å².